The van der Waals surface area contributed by atoms with Crippen molar-refractivity contribution in [1.82, 2.24) is 14.9 Å². The van der Waals surface area contributed by atoms with Gasteiger partial charge in [0.25, 0.3) is 0 Å². The lowest BCUT2D eigenvalue weighted by atomic mass is 10.0. The number of nitrogens with zero attached hydrogens (tertiary/aromatic N) is 1. The van der Waals surface area contributed by atoms with Crippen molar-refractivity contribution in [2.45, 2.75) is 64.4 Å². The fourth-order valence-electron chi connectivity index (χ4n) is 2.24. The normalized spacial score (nSPS) is 12.2. The van der Waals surface area contributed by atoms with Gasteiger partial charge < -0.3 is 5.11 Å². The summed E-state index contributed by atoms with van der Waals surface area (Å²) in [6, 6.07) is 0. The van der Waals surface area contributed by atoms with Crippen molar-refractivity contribution in [1.29, 1.82) is 0 Å². The van der Waals surface area contributed by atoms with Gasteiger partial charge in [-0.15, -0.1) is 0 Å². The number of aryl methyl sites for hydroxylation is 1. The van der Waals surface area contributed by atoms with Gasteiger partial charge >= 0.3 is 0 Å². The Morgan fingerprint density at radius 3 is 2.52 bits per heavy atom. The highest BCUT2D eigenvalue weighted by atomic mass is 32.2. The monoisotopic (exact) mass is 317 g/mol. The van der Waals surface area contributed by atoms with Gasteiger partial charge in [-0.25, -0.2) is 13.1 Å². The number of H-pyrrole nitrogens is 1. The molecule has 0 saturated heterocycles. The number of sulfonamides is 1. The Morgan fingerprint density at radius 1 is 1.24 bits per heavy atom. The zero-order valence-electron chi connectivity index (χ0n) is 13.1. The van der Waals surface area contributed by atoms with Gasteiger partial charge in [0.15, 0.2) is 0 Å². The number of aliphatic hydroxyl groups excluding tert-OH is 1. The first kappa shape index (κ1) is 18.1. The Bertz CT molecular complexity index is 524. The lowest BCUT2D eigenvalue weighted by Crippen LogP contribution is -2.26. The van der Waals surface area contributed by atoms with E-state index in [1.165, 1.54) is 12.8 Å². The first-order chi connectivity index (χ1) is 9.88. The van der Waals surface area contributed by atoms with Gasteiger partial charge in [-0.1, -0.05) is 39.5 Å². The number of hydrogen-bond donors (Lipinski definition) is 3. The third-order valence-corrected chi connectivity index (χ3v) is 5.04. The molecule has 0 fully saturated rings. The third kappa shape index (κ3) is 5.76. The summed E-state index contributed by atoms with van der Waals surface area (Å²) in [5.41, 5.74) is 0.611. The molecule has 0 amide bonds. The lowest BCUT2D eigenvalue weighted by molar-refractivity contribution is 0.273. The molecule has 3 N–H and O–H groups in total. The Kier molecular flexibility index (Phi) is 7.34. The molecule has 1 aromatic heterocycles. The van der Waals surface area contributed by atoms with Crippen molar-refractivity contribution < 1.29 is 13.5 Å². The summed E-state index contributed by atoms with van der Waals surface area (Å²) in [6.07, 6.45) is 5.39. The van der Waals surface area contributed by atoms with Crippen LogP contribution in [0.2, 0.25) is 0 Å². The standard InChI is InChI=1S/C14H27N3O3S/c1-11(2)8-6-4-5-7-9-15-21(19,20)14-12(3)16-17-13(14)10-18/h11,15,18H,4-10H2,1-3H3,(H,16,17). The highest BCUT2D eigenvalue weighted by molar-refractivity contribution is 7.89. The zero-order chi connectivity index (χ0) is 15.9. The van der Waals surface area contributed by atoms with Crippen LogP contribution in [0.25, 0.3) is 0 Å². The first-order valence-corrected chi connectivity index (χ1v) is 9.01. The van der Waals surface area contributed by atoms with Crippen LogP contribution in [-0.4, -0.2) is 30.3 Å². The maximum Gasteiger partial charge on any atom is 0.244 e. The molecule has 21 heavy (non-hydrogen) atoms. The van der Waals surface area contributed by atoms with Crippen molar-refractivity contribution in [3.63, 3.8) is 0 Å². The van der Waals surface area contributed by atoms with E-state index in [-0.39, 0.29) is 10.6 Å². The molecule has 0 saturated carbocycles. The predicted octanol–water partition coefficient (Wildman–Crippen LogP) is 2.10. The number of aliphatic hydroxyl groups is 1. The van der Waals surface area contributed by atoms with Crippen LogP contribution in [0, 0.1) is 12.8 Å². The van der Waals surface area contributed by atoms with Gasteiger partial charge in [0.2, 0.25) is 10.0 Å². The number of nitrogens with one attached hydrogen (secondary N) is 2. The SMILES string of the molecule is Cc1[nH]nc(CO)c1S(=O)(=O)NCCCCCCC(C)C. The van der Waals surface area contributed by atoms with E-state index in [1.54, 1.807) is 6.92 Å². The van der Waals surface area contributed by atoms with Gasteiger partial charge in [0, 0.05) is 6.54 Å². The van der Waals surface area contributed by atoms with E-state index in [0.29, 0.717) is 12.2 Å². The molecule has 0 aliphatic rings. The Balaban J connectivity index is 2.39. The predicted molar refractivity (Wildman–Crippen MR) is 82.4 cm³/mol. The quantitative estimate of drug-likeness (QED) is 0.576. The maximum absolute atomic E-state index is 12.2. The Hall–Kier alpha value is -0.920. The van der Waals surface area contributed by atoms with E-state index in [0.717, 1.165) is 25.2 Å². The highest BCUT2D eigenvalue weighted by Gasteiger charge is 2.23. The maximum atomic E-state index is 12.2. The van der Waals surface area contributed by atoms with Crippen molar-refractivity contribution in [2.75, 3.05) is 6.54 Å². The molecule has 0 aromatic carbocycles. The number of unbranched alkanes of at least 4 members (excludes halogenated alkanes) is 3. The molecule has 0 spiro atoms. The molecule has 122 valence electrons. The molecular weight excluding hydrogens is 290 g/mol. The summed E-state index contributed by atoms with van der Waals surface area (Å²) >= 11 is 0. The molecule has 0 bridgehead atoms. The van der Waals surface area contributed by atoms with Crippen molar-refractivity contribution in [3.05, 3.63) is 11.4 Å². The molecule has 1 heterocycles. The van der Waals surface area contributed by atoms with E-state index in [1.807, 2.05) is 0 Å². The average molecular weight is 317 g/mol. The minimum absolute atomic E-state index is 0.0739. The summed E-state index contributed by atoms with van der Waals surface area (Å²) in [4.78, 5) is 0.0739. The van der Waals surface area contributed by atoms with Crippen LogP contribution in [0.3, 0.4) is 0 Å². The average Bonchev–Trinajstić information content (AvgIpc) is 2.79. The van der Waals surface area contributed by atoms with Gasteiger partial charge in [0.05, 0.1) is 12.3 Å². The van der Waals surface area contributed by atoms with Crippen LogP contribution in [-0.2, 0) is 16.6 Å². The van der Waals surface area contributed by atoms with Gasteiger partial charge in [-0.2, -0.15) is 5.10 Å². The molecule has 0 aliphatic carbocycles. The second-order valence-electron chi connectivity index (χ2n) is 5.78. The molecule has 0 unspecified atom stereocenters. The molecule has 0 atom stereocenters. The van der Waals surface area contributed by atoms with E-state index in [9.17, 15) is 8.42 Å². The number of rotatable bonds is 10. The van der Waals surface area contributed by atoms with Crippen LogP contribution < -0.4 is 4.72 Å². The fourth-order valence-corrected chi connectivity index (χ4v) is 3.67. The highest BCUT2D eigenvalue weighted by Crippen LogP contribution is 2.17. The van der Waals surface area contributed by atoms with Crippen molar-refractivity contribution in [3.8, 4) is 0 Å². The first-order valence-electron chi connectivity index (χ1n) is 7.53. The van der Waals surface area contributed by atoms with Crippen LogP contribution in [0.15, 0.2) is 4.90 Å². The summed E-state index contributed by atoms with van der Waals surface area (Å²) in [5.74, 6) is 0.726. The fraction of sp³-hybridized carbons (Fsp3) is 0.786. The second-order valence-corrected chi connectivity index (χ2v) is 7.48. The van der Waals surface area contributed by atoms with Gasteiger partial charge in [-0.05, 0) is 19.3 Å². The molecular formula is C14H27N3O3S. The number of hydrogen-bond acceptors (Lipinski definition) is 4. The summed E-state index contributed by atoms with van der Waals surface area (Å²) < 4.78 is 27.0. The van der Waals surface area contributed by atoms with Crippen LogP contribution in [0.4, 0.5) is 0 Å². The van der Waals surface area contributed by atoms with E-state index < -0.39 is 16.6 Å². The molecule has 1 rings (SSSR count). The third-order valence-electron chi connectivity index (χ3n) is 3.38. The number of aromatic amines is 1. The van der Waals surface area contributed by atoms with E-state index in [4.69, 9.17) is 5.11 Å². The number of aromatic nitrogens is 2. The minimum atomic E-state index is -3.60. The second kappa shape index (κ2) is 8.51. The largest absolute Gasteiger partial charge is 0.390 e. The molecule has 1 aromatic rings. The smallest absolute Gasteiger partial charge is 0.244 e. The molecule has 7 heteroatoms. The van der Waals surface area contributed by atoms with Gasteiger partial charge in [0.1, 0.15) is 10.6 Å². The summed E-state index contributed by atoms with van der Waals surface area (Å²) in [6.45, 7) is 6.07. The van der Waals surface area contributed by atoms with Crippen molar-refractivity contribution in [2.24, 2.45) is 5.92 Å². The molecule has 6 nitrogen and oxygen atoms in total. The van der Waals surface area contributed by atoms with Crippen molar-refractivity contribution >= 4 is 10.0 Å². The Morgan fingerprint density at radius 2 is 1.90 bits per heavy atom. The lowest BCUT2D eigenvalue weighted by Gasteiger charge is -2.08. The molecule has 0 radical (unpaired) electrons. The summed E-state index contributed by atoms with van der Waals surface area (Å²) in [7, 11) is -3.60. The minimum Gasteiger partial charge on any atom is -0.390 e. The van der Waals surface area contributed by atoms with Crippen LogP contribution >= 0.6 is 0 Å². The van der Waals surface area contributed by atoms with Crippen LogP contribution in [0.5, 0.6) is 0 Å². The summed E-state index contributed by atoms with van der Waals surface area (Å²) in [5, 5.41) is 15.5. The topological polar surface area (TPSA) is 95.1 Å². The van der Waals surface area contributed by atoms with Crippen LogP contribution in [0.1, 0.15) is 57.3 Å². The van der Waals surface area contributed by atoms with E-state index in [2.05, 4.69) is 28.8 Å². The van der Waals surface area contributed by atoms with E-state index >= 15 is 0 Å². The Labute approximate surface area is 127 Å². The molecule has 0 aliphatic heterocycles. The zero-order valence-corrected chi connectivity index (χ0v) is 14.0. The van der Waals surface area contributed by atoms with Gasteiger partial charge in [-0.3, -0.25) is 5.10 Å².